The molecule has 3 aromatic heterocycles. The van der Waals surface area contributed by atoms with Crippen molar-refractivity contribution in [2.45, 2.75) is 45.3 Å². The molecular weight excluding hydrogens is 398 g/mol. The quantitative estimate of drug-likeness (QED) is 0.638. The summed E-state index contributed by atoms with van der Waals surface area (Å²) in [6.07, 6.45) is 6.92. The number of fused-ring (bicyclic) bond motifs is 1. The average Bonchev–Trinajstić information content (AvgIpc) is 3.36. The van der Waals surface area contributed by atoms with E-state index in [0.717, 1.165) is 25.9 Å². The number of rotatable bonds is 5. The molecule has 0 radical (unpaired) electrons. The average molecular weight is 423 g/mol. The van der Waals surface area contributed by atoms with Crippen LogP contribution in [0.1, 0.15) is 42.8 Å². The second-order valence-corrected chi connectivity index (χ2v) is 8.47. The molecule has 4 heterocycles. The molecule has 10 nitrogen and oxygen atoms in total. The van der Waals surface area contributed by atoms with Crippen LogP contribution in [-0.2, 0) is 4.74 Å². The van der Waals surface area contributed by atoms with Crippen LogP contribution in [-0.4, -0.2) is 57.2 Å². The van der Waals surface area contributed by atoms with Crippen molar-refractivity contribution < 1.29 is 13.9 Å². The third-order valence-corrected chi connectivity index (χ3v) is 5.73. The van der Waals surface area contributed by atoms with Gasteiger partial charge >= 0.3 is 0 Å². The van der Waals surface area contributed by atoms with Crippen LogP contribution in [0.2, 0.25) is 0 Å². The summed E-state index contributed by atoms with van der Waals surface area (Å²) in [7, 11) is 0. The number of amides is 1. The summed E-state index contributed by atoms with van der Waals surface area (Å²) in [5, 5.41) is 6.88. The number of morpholine rings is 1. The summed E-state index contributed by atoms with van der Waals surface area (Å²) in [6.45, 7) is 8.02. The molecule has 5 rings (SSSR count). The summed E-state index contributed by atoms with van der Waals surface area (Å²) >= 11 is 0. The largest absolute Gasteiger partial charge is 0.442 e. The summed E-state index contributed by atoms with van der Waals surface area (Å²) in [4.78, 5) is 32.6. The molecule has 1 amide bonds. The maximum Gasteiger partial charge on any atom is 0.260 e. The number of nitrogens with zero attached hydrogens (tertiary/aromatic N) is 5. The van der Waals surface area contributed by atoms with Gasteiger partial charge in [0.25, 0.3) is 5.91 Å². The van der Waals surface area contributed by atoms with Gasteiger partial charge in [-0.25, -0.2) is 19.9 Å². The molecule has 2 N–H and O–H groups in total. The fourth-order valence-electron chi connectivity index (χ4n) is 3.75. The Hall–Kier alpha value is -3.27. The zero-order valence-electron chi connectivity index (χ0n) is 17.8. The first-order valence-electron chi connectivity index (χ1n) is 10.4. The number of aromatic nitrogens is 4. The molecule has 162 valence electrons. The van der Waals surface area contributed by atoms with Gasteiger partial charge in [-0.15, -0.1) is 0 Å². The van der Waals surface area contributed by atoms with E-state index in [1.54, 1.807) is 19.3 Å². The van der Waals surface area contributed by atoms with Crippen molar-refractivity contribution in [3.8, 4) is 0 Å². The van der Waals surface area contributed by atoms with Gasteiger partial charge in [0.15, 0.2) is 0 Å². The van der Waals surface area contributed by atoms with Gasteiger partial charge in [-0.1, -0.05) is 0 Å². The summed E-state index contributed by atoms with van der Waals surface area (Å²) in [5.74, 6) is 1.40. The first-order chi connectivity index (χ1) is 14.9. The van der Waals surface area contributed by atoms with Crippen LogP contribution in [0.25, 0.3) is 11.1 Å². The third-order valence-electron chi connectivity index (χ3n) is 5.73. The topological polar surface area (TPSA) is 118 Å². The molecule has 3 aromatic rings. The van der Waals surface area contributed by atoms with Crippen LogP contribution in [0.4, 0.5) is 17.5 Å². The van der Waals surface area contributed by atoms with E-state index in [2.05, 4.69) is 42.4 Å². The first kappa shape index (κ1) is 19.7. The fraction of sp³-hybridized carbons (Fsp3) is 0.476. The standard InChI is InChI=1S/C21H25N7O3/c1-12-10-28(6-7-30-12)20-22-8-14(9-23-20)26-18(29)15-13(2)31-19-16(15)17(24-11-25-19)27-21(3)4-5-21/h8-9,11-12H,4-7,10H2,1-3H3,(H,26,29)(H,24,25,27)/t12-/m0/s1. The van der Waals surface area contributed by atoms with E-state index in [1.165, 1.54) is 6.33 Å². The second-order valence-electron chi connectivity index (χ2n) is 8.47. The highest BCUT2D eigenvalue weighted by atomic mass is 16.5. The van der Waals surface area contributed by atoms with Crippen LogP contribution in [0.5, 0.6) is 0 Å². The van der Waals surface area contributed by atoms with Gasteiger partial charge in [0.1, 0.15) is 17.9 Å². The molecule has 10 heteroatoms. The number of carbonyl (C=O) groups is 1. The number of ether oxygens (including phenoxy) is 1. The minimum atomic E-state index is -0.314. The highest BCUT2D eigenvalue weighted by molar-refractivity contribution is 6.15. The van der Waals surface area contributed by atoms with E-state index in [1.807, 2.05) is 6.92 Å². The highest BCUT2D eigenvalue weighted by Crippen LogP contribution is 2.40. The zero-order chi connectivity index (χ0) is 21.6. The van der Waals surface area contributed by atoms with Gasteiger partial charge in [0.05, 0.1) is 41.7 Å². The second kappa shape index (κ2) is 7.45. The van der Waals surface area contributed by atoms with E-state index >= 15 is 0 Å². The van der Waals surface area contributed by atoms with E-state index in [4.69, 9.17) is 9.15 Å². The Morgan fingerprint density at radius 3 is 2.71 bits per heavy atom. The Morgan fingerprint density at radius 1 is 1.23 bits per heavy atom. The van der Waals surface area contributed by atoms with Crippen LogP contribution in [0, 0.1) is 6.92 Å². The Kier molecular flexibility index (Phi) is 4.73. The third kappa shape index (κ3) is 3.90. The van der Waals surface area contributed by atoms with Crippen LogP contribution >= 0.6 is 0 Å². The van der Waals surface area contributed by atoms with Gasteiger partial charge in [-0.05, 0) is 33.6 Å². The molecule has 0 unspecified atom stereocenters. The van der Waals surface area contributed by atoms with E-state index < -0.39 is 0 Å². The molecule has 31 heavy (non-hydrogen) atoms. The Bertz CT molecular complexity index is 1120. The van der Waals surface area contributed by atoms with Crippen molar-refractivity contribution in [2.24, 2.45) is 0 Å². The molecule has 1 saturated carbocycles. The number of furan rings is 1. The van der Waals surface area contributed by atoms with Gasteiger partial charge in [0, 0.05) is 18.6 Å². The van der Waals surface area contributed by atoms with Crippen LogP contribution < -0.4 is 15.5 Å². The number of nitrogens with one attached hydrogen (secondary N) is 2. The van der Waals surface area contributed by atoms with E-state index in [9.17, 15) is 4.79 Å². The molecule has 2 aliphatic rings. The van der Waals surface area contributed by atoms with Crippen molar-refractivity contribution >= 4 is 34.5 Å². The Labute approximate surface area is 179 Å². The van der Waals surface area contributed by atoms with E-state index in [-0.39, 0.29) is 17.6 Å². The van der Waals surface area contributed by atoms with Gasteiger partial charge in [0.2, 0.25) is 11.7 Å². The highest BCUT2D eigenvalue weighted by Gasteiger charge is 2.38. The number of carbonyl (C=O) groups excluding carboxylic acids is 1. The maximum absolute atomic E-state index is 13.1. The Morgan fingerprint density at radius 2 is 2.00 bits per heavy atom. The molecule has 2 fully saturated rings. The van der Waals surface area contributed by atoms with Crippen molar-refractivity contribution in [2.75, 3.05) is 35.2 Å². The summed E-state index contributed by atoms with van der Waals surface area (Å²) in [5.41, 5.74) is 1.30. The minimum absolute atomic E-state index is 0.000858. The van der Waals surface area contributed by atoms with Crippen molar-refractivity contribution in [1.82, 2.24) is 19.9 Å². The first-order valence-corrected chi connectivity index (χ1v) is 10.4. The smallest absolute Gasteiger partial charge is 0.260 e. The predicted octanol–water partition coefficient (Wildman–Crippen LogP) is 2.76. The van der Waals surface area contributed by atoms with Crippen LogP contribution in [0.3, 0.4) is 0 Å². The predicted molar refractivity (Wildman–Crippen MR) is 115 cm³/mol. The molecule has 0 spiro atoms. The summed E-state index contributed by atoms with van der Waals surface area (Å²) < 4.78 is 11.3. The number of anilines is 3. The number of hydrogen-bond donors (Lipinski definition) is 2. The number of aryl methyl sites for hydroxylation is 1. The molecule has 0 bridgehead atoms. The fourth-order valence-corrected chi connectivity index (χ4v) is 3.75. The monoisotopic (exact) mass is 423 g/mol. The molecule has 0 aromatic carbocycles. The number of hydrogen-bond acceptors (Lipinski definition) is 9. The molecule has 1 saturated heterocycles. The zero-order valence-corrected chi connectivity index (χ0v) is 17.8. The normalized spacial score (nSPS) is 20.0. The Balaban J connectivity index is 1.38. The molecule has 1 aliphatic carbocycles. The van der Waals surface area contributed by atoms with Gasteiger partial charge < -0.3 is 24.7 Å². The van der Waals surface area contributed by atoms with Crippen LogP contribution in [0.15, 0.2) is 23.1 Å². The lowest BCUT2D eigenvalue weighted by Gasteiger charge is -2.31. The van der Waals surface area contributed by atoms with Crippen molar-refractivity contribution in [3.05, 3.63) is 30.0 Å². The lowest BCUT2D eigenvalue weighted by atomic mass is 10.1. The van der Waals surface area contributed by atoms with Crippen molar-refractivity contribution in [3.63, 3.8) is 0 Å². The van der Waals surface area contributed by atoms with Gasteiger partial charge in [-0.2, -0.15) is 0 Å². The molecule has 1 atom stereocenters. The lowest BCUT2D eigenvalue weighted by molar-refractivity contribution is 0.0526. The summed E-state index contributed by atoms with van der Waals surface area (Å²) in [6, 6.07) is 0. The maximum atomic E-state index is 13.1. The van der Waals surface area contributed by atoms with Gasteiger partial charge in [-0.3, -0.25) is 4.79 Å². The lowest BCUT2D eigenvalue weighted by Crippen LogP contribution is -2.41. The SMILES string of the molecule is Cc1oc2ncnc(NC3(C)CC3)c2c1C(=O)Nc1cnc(N2CCO[C@@H](C)C2)nc1. The van der Waals surface area contributed by atoms with E-state index in [0.29, 0.717) is 46.5 Å². The molecular formula is C21H25N7O3. The minimum Gasteiger partial charge on any atom is -0.442 e. The van der Waals surface area contributed by atoms with Crippen molar-refractivity contribution in [1.29, 1.82) is 0 Å². The molecule has 1 aliphatic heterocycles.